The molecule has 0 amide bonds. The first kappa shape index (κ1) is 20.7. The van der Waals surface area contributed by atoms with E-state index in [0.717, 1.165) is 44.1 Å². The van der Waals surface area contributed by atoms with Crippen LogP contribution in [0.5, 0.6) is 0 Å². The Bertz CT molecular complexity index is 958. The highest BCUT2D eigenvalue weighted by Crippen LogP contribution is 2.65. The second kappa shape index (κ2) is 7.46. The zero-order valence-electron chi connectivity index (χ0n) is 19.0. The topological polar surface area (TPSA) is 43.4 Å². The lowest BCUT2D eigenvalue weighted by Gasteiger charge is -2.57. The van der Waals surface area contributed by atoms with E-state index in [0.29, 0.717) is 23.3 Å². The molecule has 0 aliphatic heterocycles. The molecule has 0 aromatic heterocycles. The highest BCUT2D eigenvalue weighted by atomic mass is 16.5. The molecule has 0 N–H and O–H groups in total. The van der Waals surface area contributed by atoms with Crippen LogP contribution in [0.2, 0.25) is 0 Å². The highest BCUT2D eigenvalue weighted by molar-refractivity contribution is 5.95. The van der Waals surface area contributed by atoms with Crippen molar-refractivity contribution in [2.45, 2.75) is 71.8 Å². The number of hydrogen-bond acceptors (Lipinski definition) is 3. The van der Waals surface area contributed by atoms with Crippen LogP contribution in [0.15, 0.2) is 53.6 Å². The molecule has 2 saturated carbocycles. The van der Waals surface area contributed by atoms with Crippen LogP contribution >= 0.6 is 0 Å². The number of ether oxygens (including phenoxy) is 1. The predicted octanol–water partition coefficient (Wildman–Crippen LogP) is 6.30. The summed E-state index contributed by atoms with van der Waals surface area (Å²) in [6.07, 6.45) is 12.1. The van der Waals surface area contributed by atoms with Gasteiger partial charge in [-0.15, -0.1) is 0 Å². The van der Waals surface area contributed by atoms with Gasteiger partial charge in [-0.2, -0.15) is 0 Å². The van der Waals surface area contributed by atoms with Crippen molar-refractivity contribution in [2.24, 2.45) is 28.6 Å². The van der Waals surface area contributed by atoms with Gasteiger partial charge in [0.2, 0.25) is 0 Å². The first-order chi connectivity index (χ1) is 14.8. The molecule has 0 heterocycles. The third-order valence-corrected chi connectivity index (χ3v) is 9.30. The summed E-state index contributed by atoms with van der Waals surface area (Å²) >= 11 is 0. The first-order valence-corrected chi connectivity index (χ1v) is 12.0. The third-order valence-electron chi connectivity index (χ3n) is 9.30. The van der Waals surface area contributed by atoms with Gasteiger partial charge in [0.1, 0.15) is 6.10 Å². The number of fused-ring (bicyclic) bond motifs is 5. The summed E-state index contributed by atoms with van der Waals surface area (Å²) in [6, 6.07) is 9.32. The van der Waals surface area contributed by atoms with Gasteiger partial charge in [-0.05, 0) is 91.7 Å². The fraction of sp³-hybridized carbons (Fsp3) is 0.571. The number of carbonyl (C=O) groups is 2. The van der Waals surface area contributed by atoms with Crippen LogP contribution in [-0.4, -0.2) is 17.9 Å². The predicted molar refractivity (Wildman–Crippen MR) is 121 cm³/mol. The SMILES string of the molecule is CC(=O)C1=CC[C@H]2[C@@H]3CC=C4C[C@@H](OC(=O)c5ccccc5)CC[C@]4(C)[C@H]3CC[C@]12C. The molecule has 4 aliphatic carbocycles. The average Bonchev–Trinajstić information content (AvgIpc) is 3.12. The Morgan fingerprint density at radius 1 is 0.935 bits per heavy atom. The Labute approximate surface area is 185 Å². The van der Waals surface area contributed by atoms with E-state index in [1.165, 1.54) is 12.0 Å². The van der Waals surface area contributed by atoms with E-state index in [2.05, 4.69) is 26.0 Å². The van der Waals surface area contributed by atoms with Gasteiger partial charge in [-0.3, -0.25) is 4.79 Å². The van der Waals surface area contributed by atoms with E-state index < -0.39 is 0 Å². The second-order valence-electron chi connectivity index (χ2n) is 10.8. The molecule has 0 radical (unpaired) electrons. The maximum atomic E-state index is 12.6. The van der Waals surface area contributed by atoms with Crippen molar-refractivity contribution in [3.8, 4) is 0 Å². The van der Waals surface area contributed by atoms with Crippen LogP contribution in [-0.2, 0) is 9.53 Å². The Morgan fingerprint density at radius 2 is 1.68 bits per heavy atom. The van der Waals surface area contributed by atoms with E-state index in [4.69, 9.17) is 4.74 Å². The van der Waals surface area contributed by atoms with E-state index in [-0.39, 0.29) is 28.7 Å². The van der Waals surface area contributed by atoms with Crippen molar-refractivity contribution in [2.75, 3.05) is 0 Å². The van der Waals surface area contributed by atoms with E-state index in [1.807, 2.05) is 30.3 Å². The van der Waals surface area contributed by atoms with Gasteiger partial charge in [0.05, 0.1) is 5.56 Å². The van der Waals surface area contributed by atoms with Gasteiger partial charge in [0.15, 0.2) is 5.78 Å². The number of Topliss-reactive ketones (excluding diaryl/α,β-unsaturated/α-hetero) is 1. The van der Waals surface area contributed by atoms with E-state index >= 15 is 0 Å². The third kappa shape index (κ3) is 3.23. The summed E-state index contributed by atoms with van der Waals surface area (Å²) in [5.41, 5.74) is 3.51. The van der Waals surface area contributed by atoms with Gasteiger partial charge >= 0.3 is 5.97 Å². The molecule has 6 atom stereocenters. The quantitative estimate of drug-likeness (QED) is 0.427. The Kier molecular flexibility index (Phi) is 4.99. The minimum atomic E-state index is -0.203. The van der Waals surface area contributed by atoms with Gasteiger partial charge in [-0.25, -0.2) is 4.79 Å². The molecule has 4 aliphatic rings. The molecule has 1 aromatic rings. The maximum Gasteiger partial charge on any atom is 0.338 e. The van der Waals surface area contributed by atoms with Crippen LogP contribution in [0.4, 0.5) is 0 Å². The summed E-state index contributed by atoms with van der Waals surface area (Å²) in [7, 11) is 0. The van der Waals surface area contributed by atoms with Crippen LogP contribution in [0.1, 0.15) is 76.1 Å². The largest absolute Gasteiger partial charge is 0.458 e. The lowest BCUT2D eigenvalue weighted by molar-refractivity contribution is -0.115. The van der Waals surface area contributed by atoms with Crippen LogP contribution in [0.25, 0.3) is 0 Å². The summed E-state index contributed by atoms with van der Waals surface area (Å²) in [5, 5.41) is 0. The number of esters is 1. The maximum absolute atomic E-state index is 12.6. The smallest absolute Gasteiger partial charge is 0.338 e. The molecular formula is C28H34O3. The summed E-state index contributed by atoms with van der Waals surface area (Å²) < 4.78 is 5.91. The highest BCUT2D eigenvalue weighted by Gasteiger charge is 2.57. The molecular weight excluding hydrogens is 384 g/mol. The number of carbonyl (C=O) groups excluding carboxylic acids is 2. The van der Waals surface area contributed by atoms with Gasteiger partial charge in [-0.1, -0.05) is 49.8 Å². The van der Waals surface area contributed by atoms with Crippen molar-refractivity contribution in [3.63, 3.8) is 0 Å². The molecule has 164 valence electrons. The average molecular weight is 419 g/mol. The summed E-state index contributed by atoms with van der Waals surface area (Å²) in [5.74, 6) is 1.99. The second-order valence-corrected chi connectivity index (χ2v) is 10.8. The summed E-state index contributed by atoms with van der Waals surface area (Å²) in [4.78, 5) is 24.8. The van der Waals surface area contributed by atoms with Crippen LogP contribution in [0, 0.1) is 28.6 Å². The molecule has 1 aromatic carbocycles. The molecule has 5 rings (SSSR count). The first-order valence-electron chi connectivity index (χ1n) is 12.0. The molecule has 0 spiro atoms. The molecule has 0 unspecified atom stereocenters. The van der Waals surface area contributed by atoms with Gasteiger partial charge < -0.3 is 4.74 Å². The van der Waals surface area contributed by atoms with Gasteiger partial charge in [0.25, 0.3) is 0 Å². The minimum Gasteiger partial charge on any atom is -0.458 e. The van der Waals surface area contributed by atoms with E-state index in [9.17, 15) is 9.59 Å². The molecule has 3 heteroatoms. The molecule has 31 heavy (non-hydrogen) atoms. The zero-order valence-corrected chi connectivity index (χ0v) is 19.0. The number of ketones is 1. The number of allylic oxidation sites excluding steroid dienone is 3. The fourth-order valence-corrected chi connectivity index (χ4v) is 7.63. The molecule has 3 nitrogen and oxygen atoms in total. The Hall–Kier alpha value is -2.16. The normalized spacial score (nSPS) is 38.8. The van der Waals surface area contributed by atoms with Gasteiger partial charge in [0, 0.05) is 6.42 Å². The Balaban J connectivity index is 1.33. The van der Waals surface area contributed by atoms with Crippen molar-refractivity contribution >= 4 is 11.8 Å². The van der Waals surface area contributed by atoms with Crippen molar-refractivity contribution in [1.29, 1.82) is 0 Å². The monoisotopic (exact) mass is 418 g/mol. The lowest BCUT2D eigenvalue weighted by Crippen LogP contribution is -2.50. The fourth-order valence-electron chi connectivity index (χ4n) is 7.63. The summed E-state index contributed by atoms with van der Waals surface area (Å²) in [6.45, 7) is 6.54. The molecule has 0 bridgehead atoms. The lowest BCUT2D eigenvalue weighted by atomic mass is 9.47. The van der Waals surface area contributed by atoms with Crippen molar-refractivity contribution in [3.05, 3.63) is 59.2 Å². The zero-order chi connectivity index (χ0) is 21.8. The van der Waals surface area contributed by atoms with Crippen molar-refractivity contribution in [1.82, 2.24) is 0 Å². The van der Waals surface area contributed by atoms with E-state index in [1.54, 1.807) is 6.92 Å². The number of rotatable bonds is 3. The van der Waals surface area contributed by atoms with Crippen LogP contribution < -0.4 is 0 Å². The standard InChI is InChI=1S/C28H34O3/c1-18(29)23-11-12-24-22-10-9-20-17-21(31-26(30)19-7-5-4-6-8-19)13-15-27(20,2)25(22)14-16-28(23,24)3/h4-9,11,21-22,24-25H,10,12-17H2,1-3H3/t21-,22-,24-,25-,27-,28+/m0/s1. The van der Waals surface area contributed by atoms with Crippen molar-refractivity contribution < 1.29 is 14.3 Å². The number of benzene rings is 1. The Morgan fingerprint density at radius 3 is 2.42 bits per heavy atom. The van der Waals surface area contributed by atoms with Crippen LogP contribution in [0.3, 0.4) is 0 Å². The molecule has 0 saturated heterocycles. The number of hydrogen-bond donors (Lipinski definition) is 0. The molecule has 2 fully saturated rings. The minimum absolute atomic E-state index is 0.0186.